The minimum absolute atomic E-state index is 0.844. The van der Waals surface area contributed by atoms with Gasteiger partial charge in [-0.15, -0.1) is 11.3 Å². The van der Waals surface area contributed by atoms with Crippen LogP contribution in [-0.2, 0) is 6.42 Å². The molecule has 0 amide bonds. The molecule has 1 aromatic heterocycles. The standard InChI is InChI=1S/C23H19NOS/c1-25-21-13-7-17(8-14-21)15-23-24-22(16-26-23)20-11-9-19(10-12-20)18-5-3-2-4-6-18/h2-14,16H,15H2,1H3. The van der Waals surface area contributed by atoms with Crippen molar-refractivity contribution < 1.29 is 4.74 Å². The number of hydrogen-bond acceptors (Lipinski definition) is 3. The minimum Gasteiger partial charge on any atom is -0.497 e. The Labute approximate surface area is 157 Å². The fourth-order valence-corrected chi connectivity index (χ4v) is 3.74. The Balaban J connectivity index is 1.50. The van der Waals surface area contributed by atoms with Gasteiger partial charge < -0.3 is 4.74 Å². The summed E-state index contributed by atoms with van der Waals surface area (Å²) in [6.07, 6.45) is 0.844. The monoisotopic (exact) mass is 357 g/mol. The van der Waals surface area contributed by atoms with Crippen molar-refractivity contribution in [3.63, 3.8) is 0 Å². The summed E-state index contributed by atoms with van der Waals surface area (Å²) in [5.74, 6) is 0.882. The molecule has 1 heterocycles. The van der Waals surface area contributed by atoms with Crippen LogP contribution in [0.2, 0.25) is 0 Å². The van der Waals surface area contributed by atoms with E-state index in [0.717, 1.165) is 28.4 Å². The molecule has 0 aliphatic rings. The molecule has 2 nitrogen and oxygen atoms in total. The number of benzene rings is 3. The molecule has 0 fully saturated rings. The molecule has 0 saturated heterocycles. The average Bonchev–Trinajstić information content (AvgIpc) is 3.18. The topological polar surface area (TPSA) is 22.1 Å². The Kier molecular flexibility index (Phi) is 4.80. The highest BCUT2D eigenvalue weighted by molar-refractivity contribution is 7.10. The average molecular weight is 357 g/mol. The Bertz CT molecular complexity index is 973. The second-order valence-electron chi connectivity index (χ2n) is 6.09. The molecular formula is C23H19NOS. The van der Waals surface area contributed by atoms with Gasteiger partial charge in [-0.1, -0.05) is 66.7 Å². The second-order valence-corrected chi connectivity index (χ2v) is 7.04. The molecule has 0 saturated carbocycles. The number of aromatic nitrogens is 1. The van der Waals surface area contributed by atoms with Gasteiger partial charge in [-0.05, 0) is 28.8 Å². The lowest BCUT2D eigenvalue weighted by molar-refractivity contribution is 0.414. The number of thiazole rings is 1. The molecule has 128 valence electrons. The van der Waals surface area contributed by atoms with Crippen LogP contribution in [0.4, 0.5) is 0 Å². The van der Waals surface area contributed by atoms with Crippen LogP contribution in [0.1, 0.15) is 10.6 Å². The molecule has 0 spiro atoms. The second kappa shape index (κ2) is 7.54. The third-order valence-corrected chi connectivity index (χ3v) is 5.20. The maximum atomic E-state index is 5.21. The van der Waals surface area contributed by atoms with E-state index in [1.54, 1.807) is 18.4 Å². The van der Waals surface area contributed by atoms with E-state index < -0.39 is 0 Å². The Morgan fingerprint density at radius 2 is 1.42 bits per heavy atom. The zero-order valence-electron chi connectivity index (χ0n) is 14.6. The summed E-state index contributed by atoms with van der Waals surface area (Å²) in [4.78, 5) is 4.81. The van der Waals surface area contributed by atoms with Crippen molar-refractivity contribution in [3.05, 3.63) is 94.8 Å². The van der Waals surface area contributed by atoms with Crippen LogP contribution in [0.5, 0.6) is 5.75 Å². The molecule has 4 rings (SSSR count). The van der Waals surface area contributed by atoms with Crippen molar-refractivity contribution in [2.45, 2.75) is 6.42 Å². The number of rotatable bonds is 5. The van der Waals surface area contributed by atoms with Gasteiger partial charge in [0.15, 0.2) is 0 Å². The largest absolute Gasteiger partial charge is 0.497 e. The lowest BCUT2D eigenvalue weighted by Gasteiger charge is -2.03. The van der Waals surface area contributed by atoms with Crippen LogP contribution >= 0.6 is 11.3 Å². The van der Waals surface area contributed by atoms with Gasteiger partial charge in [0.05, 0.1) is 17.8 Å². The van der Waals surface area contributed by atoms with Crippen molar-refractivity contribution in [2.24, 2.45) is 0 Å². The smallest absolute Gasteiger partial charge is 0.118 e. The van der Waals surface area contributed by atoms with Crippen LogP contribution in [-0.4, -0.2) is 12.1 Å². The van der Waals surface area contributed by atoms with Gasteiger partial charge in [0.2, 0.25) is 0 Å². The zero-order chi connectivity index (χ0) is 17.8. The Hall–Kier alpha value is -2.91. The molecule has 0 N–H and O–H groups in total. The number of hydrogen-bond donors (Lipinski definition) is 0. The highest BCUT2D eigenvalue weighted by atomic mass is 32.1. The van der Waals surface area contributed by atoms with E-state index in [0.29, 0.717) is 0 Å². The maximum absolute atomic E-state index is 5.21. The van der Waals surface area contributed by atoms with E-state index in [4.69, 9.17) is 9.72 Å². The van der Waals surface area contributed by atoms with Gasteiger partial charge in [-0.25, -0.2) is 4.98 Å². The van der Waals surface area contributed by atoms with E-state index in [-0.39, 0.29) is 0 Å². The fourth-order valence-electron chi connectivity index (χ4n) is 2.91. The predicted molar refractivity (Wildman–Crippen MR) is 109 cm³/mol. The maximum Gasteiger partial charge on any atom is 0.118 e. The van der Waals surface area contributed by atoms with E-state index in [2.05, 4.69) is 66.0 Å². The van der Waals surface area contributed by atoms with Crippen molar-refractivity contribution in [1.82, 2.24) is 4.98 Å². The van der Waals surface area contributed by atoms with Crippen LogP contribution in [0.3, 0.4) is 0 Å². The first kappa shape index (κ1) is 16.6. The van der Waals surface area contributed by atoms with Crippen molar-refractivity contribution in [1.29, 1.82) is 0 Å². The molecule has 0 atom stereocenters. The molecule has 0 unspecified atom stereocenters. The molecule has 0 aliphatic heterocycles. The minimum atomic E-state index is 0.844. The molecule has 0 aliphatic carbocycles. The summed E-state index contributed by atoms with van der Waals surface area (Å²) in [5.41, 5.74) is 5.90. The van der Waals surface area contributed by atoms with E-state index >= 15 is 0 Å². The highest BCUT2D eigenvalue weighted by Crippen LogP contribution is 2.27. The molecule has 4 aromatic rings. The summed E-state index contributed by atoms with van der Waals surface area (Å²) in [7, 11) is 1.69. The molecular weight excluding hydrogens is 338 g/mol. The molecule has 0 bridgehead atoms. The van der Waals surface area contributed by atoms with E-state index in [1.165, 1.54) is 16.7 Å². The summed E-state index contributed by atoms with van der Waals surface area (Å²) in [6.45, 7) is 0. The zero-order valence-corrected chi connectivity index (χ0v) is 15.4. The van der Waals surface area contributed by atoms with Crippen LogP contribution in [0, 0.1) is 0 Å². The predicted octanol–water partition coefficient (Wildman–Crippen LogP) is 6.08. The summed E-state index contributed by atoms with van der Waals surface area (Å²) >= 11 is 1.71. The first-order valence-electron chi connectivity index (χ1n) is 8.55. The SMILES string of the molecule is COc1ccc(Cc2nc(-c3ccc(-c4ccccc4)cc3)cs2)cc1. The first-order valence-corrected chi connectivity index (χ1v) is 9.43. The number of nitrogens with zero attached hydrogens (tertiary/aromatic N) is 1. The normalized spacial score (nSPS) is 10.7. The van der Waals surface area contributed by atoms with Crippen LogP contribution in [0.25, 0.3) is 22.4 Å². The quantitative estimate of drug-likeness (QED) is 0.432. The van der Waals surface area contributed by atoms with Gasteiger partial charge in [0.1, 0.15) is 5.75 Å². The van der Waals surface area contributed by atoms with Gasteiger partial charge in [-0.2, -0.15) is 0 Å². The summed E-state index contributed by atoms with van der Waals surface area (Å²) < 4.78 is 5.21. The van der Waals surface area contributed by atoms with Gasteiger partial charge in [0.25, 0.3) is 0 Å². The number of methoxy groups -OCH3 is 1. The third kappa shape index (κ3) is 3.68. The lowest BCUT2D eigenvalue weighted by atomic mass is 10.0. The third-order valence-electron chi connectivity index (χ3n) is 4.35. The summed E-state index contributed by atoms with van der Waals surface area (Å²) in [5, 5.41) is 3.26. The van der Waals surface area contributed by atoms with Crippen molar-refractivity contribution in [3.8, 4) is 28.1 Å². The molecule has 3 heteroatoms. The van der Waals surface area contributed by atoms with Crippen LogP contribution < -0.4 is 4.74 Å². The van der Waals surface area contributed by atoms with Crippen molar-refractivity contribution in [2.75, 3.05) is 7.11 Å². The highest BCUT2D eigenvalue weighted by Gasteiger charge is 2.06. The number of ether oxygens (including phenoxy) is 1. The Morgan fingerprint density at radius 1 is 0.769 bits per heavy atom. The van der Waals surface area contributed by atoms with E-state index in [9.17, 15) is 0 Å². The molecule has 0 radical (unpaired) electrons. The lowest BCUT2D eigenvalue weighted by Crippen LogP contribution is -1.89. The summed E-state index contributed by atoms with van der Waals surface area (Å²) in [6, 6.07) is 27.2. The molecule has 3 aromatic carbocycles. The van der Waals surface area contributed by atoms with Gasteiger partial charge in [0, 0.05) is 17.4 Å². The van der Waals surface area contributed by atoms with Crippen molar-refractivity contribution >= 4 is 11.3 Å². The van der Waals surface area contributed by atoms with E-state index in [1.807, 2.05) is 18.2 Å². The first-order chi connectivity index (χ1) is 12.8. The fraction of sp³-hybridized carbons (Fsp3) is 0.0870. The van der Waals surface area contributed by atoms with Gasteiger partial charge in [-0.3, -0.25) is 0 Å². The Morgan fingerprint density at radius 3 is 2.12 bits per heavy atom. The molecule has 26 heavy (non-hydrogen) atoms. The van der Waals surface area contributed by atoms with Crippen LogP contribution in [0.15, 0.2) is 84.2 Å². The van der Waals surface area contributed by atoms with Gasteiger partial charge >= 0.3 is 0 Å².